The van der Waals surface area contributed by atoms with Crippen LogP contribution in [-0.2, 0) is 10.0 Å². The Morgan fingerprint density at radius 1 is 1.25 bits per heavy atom. The highest BCUT2D eigenvalue weighted by atomic mass is 32.2. The first-order valence-electron chi connectivity index (χ1n) is 6.25. The van der Waals surface area contributed by atoms with E-state index in [-0.39, 0.29) is 17.3 Å². The first-order valence-corrected chi connectivity index (χ1v) is 7.75. The molecule has 4 nitrogen and oxygen atoms in total. The molecule has 16 heavy (non-hydrogen) atoms. The number of nitrogens with zero attached hydrogens (tertiary/aromatic N) is 1. The van der Waals surface area contributed by atoms with Crippen molar-refractivity contribution in [1.29, 1.82) is 0 Å². The van der Waals surface area contributed by atoms with Gasteiger partial charge in [0.1, 0.15) is 0 Å². The lowest BCUT2D eigenvalue weighted by molar-refractivity contribution is 0.213. The molecule has 1 aliphatic carbocycles. The van der Waals surface area contributed by atoms with E-state index in [0.29, 0.717) is 0 Å². The Labute approximate surface area is 98.4 Å². The van der Waals surface area contributed by atoms with Crippen molar-refractivity contribution in [2.24, 2.45) is 0 Å². The minimum absolute atomic E-state index is 0.0721. The Kier molecular flexibility index (Phi) is 3.56. The van der Waals surface area contributed by atoms with Crippen LogP contribution in [0.25, 0.3) is 0 Å². The van der Waals surface area contributed by atoms with Gasteiger partial charge in [0.2, 0.25) is 10.0 Å². The summed E-state index contributed by atoms with van der Waals surface area (Å²) < 4.78 is 26.3. The van der Waals surface area contributed by atoms with Gasteiger partial charge in [-0.05, 0) is 39.7 Å². The Hall–Kier alpha value is -0.130. The predicted octanol–water partition coefficient (Wildman–Crippen LogP) is 0.941. The van der Waals surface area contributed by atoms with Crippen LogP contribution in [0, 0.1) is 0 Å². The smallest absolute Gasteiger partial charge is 0.217 e. The summed E-state index contributed by atoms with van der Waals surface area (Å²) in [6, 6.07) is 0.401. The number of likely N-dealkylation sites (N-methyl/N-ethyl adjacent to an activating group) is 1. The Morgan fingerprint density at radius 2 is 1.94 bits per heavy atom. The van der Waals surface area contributed by atoms with Crippen molar-refractivity contribution < 1.29 is 8.42 Å². The zero-order valence-corrected chi connectivity index (χ0v) is 11.0. The van der Waals surface area contributed by atoms with Crippen molar-refractivity contribution >= 4 is 10.0 Å². The van der Waals surface area contributed by atoms with Crippen molar-refractivity contribution in [3.63, 3.8) is 0 Å². The predicted molar refractivity (Wildman–Crippen MR) is 64.8 cm³/mol. The number of nitrogens with one attached hydrogen (secondary N) is 1. The molecule has 2 aliphatic rings. The number of piperidine rings is 1. The molecule has 0 amide bonds. The highest BCUT2D eigenvalue weighted by molar-refractivity contribution is 7.90. The number of rotatable bonds is 4. The molecule has 0 radical (unpaired) electrons. The van der Waals surface area contributed by atoms with Crippen LogP contribution >= 0.6 is 0 Å². The van der Waals surface area contributed by atoms with E-state index in [4.69, 9.17) is 0 Å². The van der Waals surface area contributed by atoms with Gasteiger partial charge in [-0.25, -0.2) is 8.42 Å². The van der Waals surface area contributed by atoms with Gasteiger partial charge in [0.05, 0.1) is 5.25 Å². The molecule has 1 aliphatic heterocycles. The molecule has 0 bridgehead atoms. The average molecular weight is 246 g/mol. The first kappa shape index (κ1) is 12.3. The van der Waals surface area contributed by atoms with Gasteiger partial charge in [-0.15, -0.1) is 0 Å². The third-order valence-corrected chi connectivity index (χ3v) is 6.22. The minimum Gasteiger partial charge on any atom is -0.316 e. The SMILES string of the molecule is CNC(C)C1CCCCN1S(=O)(=O)C1CC1. The number of sulfonamides is 1. The Balaban J connectivity index is 2.15. The third-order valence-electron chi connectivity index (χ3n) is 3.80. The normalized spacial score (nSPS) is 30.2. The van der Waals surface area contributed by atoms with E-state index in [9.17, 15) is 8.42 Å². The molecular formula is C11H22N2O2S. The maximum absolute atomic E-state index is 12.3. The summed E-state index contributed by atoms with van der Waals surface area (Å²) in [5, 5.41) is 3.12. The average Bonchev–Trinajstić information content (AvgIpc) is 3.12. The van der Waals surface area contributed by atoms with Crippen LogP contribution in [0.15, 0.2) is 0 Å². The molecule has 1 saturated heterocycles. The molecule has 2 fully saturated rings. The van der Waals surface area contributed by atoms with Crippen LogP contribution in [0.5, 0.6) is 0 Å². The zero-order chi connectivity index (χ0) is 11.8. The van der Waals surface area contributed by atoms with Gasteiger partial charge in [-0.3, -0.25) is 0 Å². The molecule has 1 heterocycles. The lowest BCUT2D eigenvalue weighted by Gasteiger charge is -2.38. The quantitative estimate of drug-likeness (QED) is 0.803. The topological polar surface area (TPSA) is 49.4 Å². The lowest BCUT2D eigenvalue weighted by Crippen LogP contribution is -2.53. The van der Waals surface area contributed by atoms with E-state index < -0.39 is 10.0 Å². The second-order valence-electron chi connectivity index (χ2n) is 5.00. The van der Waals surface area contributed by atoms with Crippen molar-refractivity contribution in [1.82, 2.24) is 9.62 Å². The van der Waals surface area contributed by atoms with Crippen LogP contribution < -0.4 is 5.32 Å². The van der Waals surface area contributed by atoms with Gasteiger partial charge in [-0.1, -0.05) is 6.42 Å². The second kappa shape index (κ2) is 4.63. The molecule has 0 spiro atoms. The highest BCUT2D eigenvalue weighted by Gasteiger charge is 2.44. The van der Waals surface area contributed by atoms with Crippen molar-refractivity contribution in [2.45, 2.75) is 56.4 Å². The monoisotopic (exact) mass is 246 g/mol. The molecule has 1 saturated carbocycles. The van der Waals surface area contributed by atoms with Crippen molar-refractivity contribution in [2.75, 3.05) is 13.6 Å². The van der Waals surface area contributed by atoms with Gasteiger partial charge in [0.15, 0.2) is 0 Å². The summed E-state index contributed by atoms with van der Waals surface area (Å²) in [6.45, 7) is 2.79. The van der Waals surface area contributed by atoms with E-state index in [2.05, 4.69) is 12.2 Å². The molecule has 5 heteroatoms. The molecule has 94 valence electrons. The van der Waals surface area contributed by atoms with Gasteiger partial charge in [-0.2, -0.15) is 4.31 Å². The fourth-order valence-corrected chi connectivity index (χ4v) is 4.66. The van der Waals surface area contributed by atoms with Crippen molar-refractivity contribution in [3.8, 4) is 0 Å². The summed E-state index contributed by atoms with van der Waals surface area (Å²) in [7, 11) is -1.10. The molecule has 1 N–H and O–H groups in total. The van der Waals surface area contributed by atoms with E-state index in [0.717, 1.165) is 38.6 Å². The summed E-state index contributed by atoms with van der Waals surface area (Å²) in [5.74, 6) is 0. The zero-order valence-electron chi connectivity index (χ0n) is 10.1. The van der Waals surface area contributed by atoms with Crippen LogP contribution in [0.2, 0.25) is 0 Å². The molecule has 0 aromatic carbocycles. The fraction of sp³-hybridized carbons (Fsp3) is 1.00. The molecule has 0 aromatic heterocycles. The first-order chi connectivity index (χ1) is 7.57. The summed E-state index contributed by atoms with van der Waals surface area (Å²) >= 11 is 0. The summed E-state index contributed by atoms with van der Waals surface area (Å²) in [4.78, 5) is 0. The molecular weight excluding hydrogens is 224 g/mol. The van der Waals surface area contributed by atoms with Crippen LogP contribution in [0.1, 0.15) is 39.0 Å². The maximum atomic E-state index is 12.3. The van der Waals surface area contributed by atoms with E-state index in [1.54, 1.807) is 4.31 Å². The van der Waals surface area contributed by atoms with E-state index >= 15 is 0 Å². The largest absolute Gasteiger partial charge is 0.316 e. The molecule has 2 atom stereocenters. The van der Waals surface area contributed by atoms with Gasteiger partial charge >= 0.3 is 0 Å². The van der Waals surface area contributed by atoms with Crippen LogP contribution in [0.3, 0.4) is 0 Å². The Morgan fingerprint density at radius 3 is 2.50 bits per heavy atom. The molecule has 0 aromatic rings. The Bertz CT molecular complexity index is 338. The maximum Gasteiger partial charge on any atom is 0.217 e. The van der Waals surface area contributed by atoms with E-state index in [1.807, 2.05) is 7.05 Å². The number of hydrogen-bond acceptors (Lipinski definition) is 3. The van der Waals surface area contributed by atoms with Gasteiger partial charge < -0.3 is 5.32 Å². The van der Waals surface area contributed by atoms with Gasteiger partial charge in [0.25, 0.3) is 0 Å². The third kappa shape index (κ3) is 2.26. The second-order valence-corrected chi connectivity index (χ2v) is 7.16. The van der Waals surface area contributed by atoms with Crippen LogP contribution in [-0.4, -0.2) is 43.6 Å². The highest BCUT2D eigenvalue weighted by Crippen LogP contribution is 2.34. The van der Waals surface area contributed by atoms with Crippen molar-refractivity contribution in [3.05, 3.63) is 0 Å². The van der Waals surface area contributed by atoms with Crippen LogP contribution in [0.4, 0.5) is 0 Å². The number of hydrogen-bond donors (Lipinski definition) is 1. The fourth-order valence-electron chi connectivity index (χ4n) is 2.50. The summed E-state index contributed by atoms with van der Waals surface area (Å²) in [6.07, 6.45) is 4.87. The van der Waals surface area contributed by atoms with Gasteiger partial charge in [0, 0.05) is 18.6 Å². The minimum atomic E-state index is -3.00. The van der Waals surface area contributed by atoms with E-state index in [1.165, 1.54) is 0 Å². The lowest BCUT2D eigenvalue weighted by atomic mass is 9.99. The summed E-state index contributed by atoms with van der Waals surface area (Å²) in [5.41, 5.74) is 0. The molecule has 2 rings (SSSR count). The standard InChI is InChI=1S/C11H22N2O2S/c1-9(12-2)11-5-3-4-8-13(11)16(14,15)10-6-7-10/h9-12H,3-8H2,1-2H3. The molecule has 2 unspecified atom stereocenters.